The maximum atomic E-state index is 12.3. The van der Waals surface area contributed by atoms with E-state index in [1.54, 1.807) is 19.1 Å². The Morgan fingerprint density at radius 2 is 2.23 bits per heavy atom. The van der Waals surface area contributed by atoms with Gasteiger partial charge >= 0.3 is 0 Å². The molecule has 6 nitrogen and oxygen atoms in total. The zero-order valence-corrected chi connectivity index (χ0v) is 14.2. The van der Waals surface area contributed by atoms with Gasteiger partial charge in [0.15, 0.2) is 5.82 Å². The Bertz CT molecular complexity index is 688. The number of benzene rings is 1. The van der Waals surface area contributed by atoms with Gasteiger partial charge < -0.3 is 11.2 Å². The first-order valence-electron chi connectivity index (χ1n) is 6.85. The molecule has 0 fully saturated rings. The Hall–Kier alpha value is -1.73. The zero-order chi connectivity index (χ0) is 16.3. The van der Waals surface area contributed by atoms with Crippen LogP contribution in [0, 0.1) is 6.92 Å². The fourth-order valence-corrected chi connectivity index (χ4v) is 2.76. The van der Waals surface area contributed by atoms with Crippen LogP contribution < -0.4 is 11.2 Å². The van der Waals surface area contributed by atoms with Crippen molar-refractivity contribution in [3.05, 3.63) is 34.6 Å². The van der Waals surface area contributed by atoms with Gasteiger partial charge in [0.1, 0.15) is 0 Å². The summed E-state index contributed by atoms with van der Waals surface area (Å²) in [6.07, 6.45) is 0.687. The summed E-state index contributed by atoms with van der Waals surface area (Å²) in [5.41, 5.74) is 1.65. The molecule has 22 heavy (non-hydrogen) atoms. The summed E-state index contributed by atoms with van der Waals surface area (Å²) in [6.45, 7) is 5.65. The molecule has 0 spiro atoms. The molecule has 0 radical (unpaired) electrons. The van der Waals surface area contributed by atoms with Crippen LogP contribution in [-0.2, 0) is 11.2 Å². The van der Waals surface area contributed by atoms with Crippen LogP contribution in [0.5, 0.6) is 0 Å². The fourth-order valence-electron chi connectivity index (χ4n) is 1.80. The molecule has 0 aliphatic carbocycles. The average molecular weight is 340 g/mol. The monoisotopic (exact) mass is 339 g/mol. The number of halogens is 1. The van der Waals surface area contributed by atoms with Crippen molar-refractivity contribution in [2.75, 3.05) is 11.2 Å². The van der Waals surface area contributed by atoms with Gasteiger partial charge in [-0.1, -0.05) is 36.4 Å². The van der Waals surface area contributed by atoms with Crippen LogP contribution in [0.4, 0.5) is 5.69 Å². The molecule has 0 unspecified atom stereocenters. The highest BCUT2D eigenvalue weighted by Crippen LogP contribution is 2.24. The summed E-state index contributed by atoms with van der Waals surface area (Å²) in [5.74, 6) is 6.42. The van der Waals surface area contributed by atoms with E-state index in [4.69, 9.17) is 17.4 Å². The lowest BCUT2D eigenvalue weighted by atomic mass is 10.2. The van der Waals surface area contributed by atoms with Crippen molar-refractivity contribution in [2.45, 2.75) is 37.6 Å². The molecule has 0 saturated heterocycles. The third kappa shape index (κ3) is 3.72. The second-order valence-corrected chi connectivity index (χ2v) is 6.58. The second-order valence-electron chi connectivity index (χ2n) is 4.83. The van der Waals surface area contributed by atoms with Crippen LogP contribution in [-0.4, -0.2) is 26.0 Å². The van der Waals surface area contributed by atoms with Gasteiger partial charge in [0.05, 0.1) is 5.25 Å². The first-order chi connectivity index (χ1) is 10.4. The molecule has 8 heteroatoms. The standard InChI is InChI=1S/C14H18ClN5OS/c1-4-12-18-19-14(20(12)16)22-9(3)13(21)17-11-7-10(15)6-5-8(11)2/h5-7,9H,4,16H2,1-3H3,(H,17,21)/t9-/m0/s1. The van der Waals surface area contributed by atoms with Crippen molar-refractivity contribution in [1.82, 2.24) is 14.9 Å². The smallest absolute Gasteiger partial charge is 0.237 e. The highest BCUT2D eigenvalue weighted by atomic mass is 35.5. The van der Waals surface area contributed by atoms with Crippen LogP contribution in [0.2, 0.25) is 5.02 Å². The summed E-state index contributed by atoms with van der Waals surface area (Å²) < 4.78 is 1.42. The van der Waals surface area contributed by atoms with Crippen molar-refractivity contribution in [3.63, 3.8) is 0 Å². The summed E-state index contributed by atoms with van der Waals surface area (Å²) in [5, 5.41) is 11.6. The third-order valence-corrected chi connectivity index (χ3v) is 4.45. The first-order valence-corrected chi connectivity index (χ1v) is 8.11. The van der Waals surface area contributed by atoms with E-state index in [-0.39, 0.29) is 11.2 Å². The summed E-state index contributed by atoms with van der Waals surface area (Å²) >= 11 is 7.22. The number of nitrogens with one attached hydrogen (secondary N) is 1. The molecule has 1 aromatic heterocycles. The number of anilines is 1. The van der Waals surface area contributed by atoms with Gasteiger partial charge in [-0.3, -0.25) is 4.79 Å². The number of aryl methyl sites for hydroxylation is 2. The van der Waals surface area contributed by atoms with Crippen LogP contribution in [0.1, 0.15) is 25.2 Å². The Kier molecular flexibility index (Phi) is 5.31. The van der Waals surface area contributed by atoms with E-state index in [1.807, 2.05) is 19.9 Å². The van der Waals surface area contributed by atoms with Gasteiger partial charge in [0, 0.05) is 17.1 Å². The zero-order valence-electron chi connectivity index (χ0n) is 12.6. The predicted molar refractivity (Wildman–Crippen MR) is 89.7 cm³/mol. The first kappa shape index (κ1) is 16.6. The number of amides is 1. The van der Waals surface area contributed by atoms with Crippen molar-refractivity contribution in [2.24, 2.45) is 0 Å². The molecule has 2 aromatic rings. The molecular formula is C14H18ClN5OS. The molecule has 3 N–H and O–H groups in total. The second kappa shape index (κ2) is 7.02. The number of nitrogens with zero attached hydrogens (tertiary/aromatic N) is 3. The van der Waals surface area contributed by atoms with Gasteiger partial charge in [-0.15, -0.1) is 10.2 Å². The summed E-state index contributed by atoms with van der Waals surface area (Å²) in [6, 6.07) is 5.38. The molecule has 1 amide bonds. The van der Waals surface area contributed by atoms with Crippen molar-refractivity contribution in [3.8, 4) is 0 Å². The molecule has 0 aliphatic rings. The number of hydrogen-bond donors (Lipinski definition) is 2. The maximum absolute atomic E-state index is 12.3. The normalized spacial score (nSPS) is 12.2. The minimum atomic E-state index is -0.366. The van der Waals surface area contributed by atoms with Crippen LogP contribution in [0.3, 0.4) is 0 Å². The van der Waals surface area contributed by atoms with Gasteiger partial charge in [0.2, 0.25) is 11.1 Å². The summed E-state index contributed by atoms with van der Waals surface area (Å²) in [4.78, 5) is 12.3. The minimum absolute atomic E-state index is 0.142. The van der Waals surface area contributed by atoms with Crippen molar-refractivity contribution in [1.29, 1.82) is 0 Å². The SMILES string of the molecule is CCc1nnc(S[C@@H](C)C(=O)Nc2cc(Cl)ccc2C)n1N. The Morgan fingerprint density at radius 3 is 2.86 bits per heavy atom. The quantitative estimate of drug-likeness (QED) is 0.646. The predicted octanol–water partition coefficient (Wildman–Crippen LogP) is 2.64. The number of thioether (sulfide) groups is 1. The van der Waals surface area contributed by atoms with Crippen molar-refractivity contribution < 1.29 is 4.79 Å². The number of nitrogen functional groups attached to an aromatic ring is 1. The van der Waals surface area contributed by atoms with E-state index in [2.05, 4.69) is 15.5 Å². The van der Waals surface area contributed by atoms with Gasteiger partial charge in [0.25, 0.3) is 0 Å². The van der Waals surface area contributed by atoms with E-state index < -0.39 is 0 Å². The topological polar surface area (TPSA) is 85.8 Å². The Morgan fingerprint density at radius 1 is 1.50 bits per heavy atom. The largest absolute Gasteiger partial charge is 0.336 e. The number of aromatic nitrogens is 3. The van der Waals surface area contributed by atoms with Crippen molar-refractivity contribution >= 4 is 35.0 Å². The number of hydrogen-bond acceptors (Lipinski definition) is 5. The molecule has 118 valence electrons. The molecule has 1 aromatic carbocycles. The third-order valence-electron chi connectivity index (χ3n) is 3.16. The maximum Gasteiger partial charge on any atom is 0.237 e. The van der Waals surface area contributed by atoms with E-state index in [9.17, 15) is 4.79 Å². The minimum Gasteiger partial charge on any atom is -0.336 e. The lowest BCUT2D eigenvalue weighted by Gasteiger charge is -2.13. The van der Waals surface area contributed by atoms with E-state index in [0.29, 0.717) is 28.1 Å². The molecule has 0 bridgehead atoms. The Balaban J connectivity index is 2.06. The van der Waals surface area contributed by atoms with E-state index in [0.717, 1.165) is 5.56 Å². The molecule has 0 aliphatic heterocycles. The number of nitrogens with two attached hydrogens (primary N) is 1. The van der Waals surface area contributed by atoms with Gasteiger partial charge in [-0.25, -0.2) is 4.68 Å². The highest BCUT2D eigenvalue weighted by Gasteiger charge is 2.19. The molecular weight excluding hydrogens is 322 g/mol. The van der Waals surface area contributed by atoms with E-state index >= 15 is 0 Å². The van der Waals surface area contributed by atoms with Crippen LogP contribution >= 0.6 is 23.4 Å². The lowest BCUT2D eigenvalue weighted by Crippen LogP contribution is -2.24. The summed E-state index contributed by atoms with van der Waals surface area (Å²) in [7, 11) is 0. The van der Waals surface area contributed by atoms with Gasteiger partial charge in [-0.2, -0.15) is 0 Å². The Labute approximate surface area is 138 Å². The van der Waals surface area contributed by atoms with E-state index in [1.165, 1.54) is 16.4 Å². The number of rotatable bonds is 5. The fraction of sp³-hybridized carbons (Fsp3) is 0.357. The lowest BCUT2D eigenvalue weighted by molar-refractivity contribution is -0.115. The number of carbonyl (C=O) groups is 1. The van der Waals surface area contributed by atoms with Crippen LogP contribution in [0.25, 0.3) is 0 Å². The van der Waals surface area contributed by atoms with Gasteiger partial charge in [-0.05, 0) is 31.5 Å². The van der Waals surface area contributed by atoms with Crippen LogP contribution in [0.15, 0.2) is 23.4 Å². The average Bonchev–Trinajstić information content (AvgIpc) is 2.83. The highest BCUT2D eigenvalue weighted by molar-refractivity contribution is 8.00. The molecule has 1 heterocycles. The molecule has 0 saturated carbocycles. The molecule has 1 atom stereocenters. The number of carbonyl (C=O) groups excluding carboxylic acids is 1. The molecule has 2 rings (SSSR count).